The van der Waals surface area contributed by atoms with Gasteiger partial charge < -0.3 is 18.4 Å². The Bertz CT molecular complexity index is 1010. The smallest absolute Gasteiger partial charge is 0.399 e. The molecular weight excluding hydrogens is 447 g/mol. The van der Waals surface area contributed by atoms with Crippen LogP contribution >= 0.6 is 15.9 Å². The quantitative estimate of drug-likeness (QED) is 0.636. The lowest BCUT2D eigenvalue weighted by Gasteiger charge is -2.32. The Morgan fingerprint density at radius 3 is 1.77 bits per heavy atom. The van der Waals surface area contributed by atoms with Gasteiger partial charge in [-0.15, -0.1) is 0 Å². The lowest BCUT2D eigenvalue weighted by atomic mass is 9.79. The molecule has 1 aliphatic heterocycles. The first-order chi connectivity index (χ1) is 13.8. The molecule has 1 saturated heterocycles. The Labute approximate surface area is 187 Å². The van der Waals surface area contributed by atoms with Crippen molar-refractivity contribution in [2.24, 2.45) is 14.1 Å². The van der Waals surface area contributed by atoms with E-state index in [1.54, 1.807) is 35.6 Å². The molecule has 2 aromatic rings. The average Bonchev–Trinajstić information content (AvgIpc) is 2.88. The van der Waals surface area contributed by atoms with Crippen molar-refractivity contribution in [3.63, 3.8) is 0 Å². The molecular formula is C22H32BBrN2O4. The Hall–Kier alpha value is -1.64. The van der Waals surface area contributed by atoms with Crippen molar-refractivity contribution in [2.75, 3.05) is 0 Å². The van der Waals surface area contributed by atoms with Crippen molar-refractivity contribution in [2.45, 2.75) is 65.6 Å². The predicted octanol–water partition coefficient (Wildman–Crippen LogP) is 2.96. The van der Waals surface area contributed by atoms with E-state index in [2.05, 4.69) is 15.9 Å². The van der Waals surface area contributed by atoms with Gasteiger partial charge in [0, 0.05) is 42.1 Å². The van der Waals surface area contributed by atoms with Crippen LogP contribution in [-0.2, 0) is 36.2 Å². The van der Waals surface area contributed by atoms with E-state index in [1.807, 2.05) is 53.7 Å². The molecule has 0 bridgehead atoms. The fraction of sp³-hybridized carbons (Fsp3) is 0.545. The Kier molecular flexibility index (Phi) is 7.59. The van der Waals surface area contributed by atoms with Crippen LogP contribution in [0, 0.1) is 0 Å². The Balaban J connectivity index is 0.000000248. The molecule has 1 aliphatic rings. The first kappa shape index (κ1) is 24.6. The third kappa shape index (κ3) is 5.15. The molecule has 0 N–H and O–H groups in total. The van der Waals surface area contributed by atoms with Gasteiger partial charge >= 0.3 is 7.12 Å². The van der Waals surface area contributed by atoms with Crippen LogP contribution in [0.4, 0.5) is 0 Å². The maximum Gasteiger partial charge on any atom is 0.496 e. The molecule has 1 fully saturated rings. The minimum Gasteiger partial charge on any atom is -0.399 e. The summed E-state index contributed by atoms with van der Waals surface area (Å²) in [6.07, 6.45) is 5.05. The molecule has 0 aliphatic carbocycles. The molecule has 0 unspecified atom stereocenters. The van der Waals surface area contributed by atoms with Crippen molar-refractivity contribution >= 4 is 28.5 Å². The molecule has 6 nitrogen and oxygen atoms in total. The van der Waals surface area contributed by atoms with Crippen molar-refractivity contribution < 1.29 is 9.31 Å². The van der Waals surface area contributed by atoms with Crippen LogP contribution in [0.1, 0.15) is 52.7 Å². The highest BCUT2D eigenvalue weighted by Crippen LogP contribution is 2.36. The Morgan fingerprint density at radius 1 is 0.867 bits per heavy atom. The van der Waals surface area contributed by atoms with E-state index in [0.29, 0.717) is 6.42 Å². The second kappa shape index (κ2) is 9.24. The summed E-state index contributed by atoms with van der Waals surface area (Å²) in [5.74, 6) is 0. The second-order valence-corrected chi connectivity index (χ2v) is 9.53. The second-order valence-electron chi connectivity index (χ2n) is 8.61. The fourth-order valence-electron chi connectivity index (χ4n) is 3.16. The summed E-state index contributed by atoms with van der Waals surface area (Å²) in [6.45, 7) is 12.0. The van der Waals surface area contributed by atoms with Gasteiger partial charge in [0.05, 0.1) is 11.2 Å². The summed E-state index contributed by atoms with van der Waals surface area (Å²) in [6, 6.07) is 3.76. The van der Waals surface area contributed by atoms with Crippen LogP contribution in [0.3, 0.4) is 0 Å². The third-order valence-electron chi connectivity index (χ3n) is 5.79. The minimum atomic E-state index is -0.415. The number of hydrogen-bond acceptors (Lipinski definition) is 4. The Morgan fingerprint density at radius 2 is 1.30 bits per heavy atom. The zero-order valence-corrected chi connectivity index (χ0v) is 20.8. The summed E-state index contributed by atoms with van der Waals surface area (Å²) in [5, 5.41) is 0. The molecule has 2 aromatic heterocycles. The lowest BCUT2D eigenvalue weighted by Crippen LogP contribution is -2.41. The van der Waals surface area contributed by atoms with Crippen LogP contribution in [-0.4, -0.2) is 27.5 Å². The van der Waals surface area contributed by atoms with Crippen LogP contribution < -0.4 is 16.6 Å². The highest BCUT2D eigenvalue weighted by molar-refractivity contribution is 9.10. The molecule has 0 amide bonds. The van der Waals surface area contributed by atoms with Crippen LogP contribution in [0.5, 0.6) is 0 Å². The molecule has 8 heteroatoms. The molecule has 0 aromatic carbocycles. The molecule has 0 atom stereocenters. The van der Waals surface area contributed by atoms with E-state index in [4.69, 9.17) is 9.31 Å². The number of halogens is 1. The first-order valence-corrected chi connectivity index (χ1v) is 11.0. The van der Waals surface area contributed by atoms with Gasteiger partial charge in [-0.1, -0.05) is 19.9 Å². The van der Waals surface area contributed by atoms with E-state index >= 15 is 0 Å². The van der Waals surface area contributed by atoms with Gasteiger partial charge in [0.1, 0.15) is 0 Å². The number of hydrogen-bond donors (Lipinski definition) is 0. The molecule has 0 spiro atoms. The van der Waals surface area contributed by atoms with E-state index < -0.39 is 7.12 Å². The largest absolute Gasteiger partial charge is 0.496 e. The first-order valence-electron chi connectivity index (χ1n) is 10.2. The highest BCUT2D eigenvalue weighted by atomic mass is 79.9. The summed E-state index contributed by atoms with van der Waals surface area (Å²) < 4.78 is 16.2. The molecule has 3 heterocycles. The summed E-state index contributed by atoms with van der Waals surface area (Å²) in [5.41, 5.74) is 1.95. The SMILES string of the molecule is CCc1cc(B2OC(C)(C)C(C)(C)O2)cn(C)c1=O.CCc1cc(Br)cn(C)c1=O. The van der Waals surface area contributed by atoms with Gasteiger partial charge in [-0.2, -0.15) is 0 Å². The number of aryl methyl sites for hydroxylation is 4. The van der Waals surface area contributed by atoms with E-state index in [-0.39, 0.29) is 22.3 Å². The zero-order chi connectivity index (χ0) is 22.9. The minimum absolute atomic E-state index is 0.0442. The van der Waals surface area contributed by atoms with Gasteiger partial charge in [0.15, 0.2) is 0 Å². The zero-order valence-electron chi connectivity index (χ0n) is 19.2. The number of rotatable bonds is 3. The molecule has 164 valence electrons. The number of pyridine rings is 2. The normalized spacial score (nSPS) is 16.9. The van der Waals surface area contributed by atoms with E-state index in [9.17, 15) is 9.59 Å². The van der Waals surface area contributed by atoms with Gasteiger partial charge in [0.2, 0.25) is 0 Å². The van der Waals surface area contributed by atoms with Crippen molar-refractivity contribution in [3.05, 3.63) is 60.8 Å². The summed E-state index contributed by atoms with van der Waals surface area (Å²) in [7, 11) is 3.10. The van der Waals surface area contributed by atoms with E-state index in [0.717, 1.165) is 27.5 Å². The number of aromatic nitrogens is 2. The number of nitrogens with zero attached hydrogens (tertiary/aromatic N) is 2. The molecule has 30 heavy (non-hydrogen) atoms. The molecule has 0 saturated carbocycles. The average molecular weight is 479 g/mol. The van der Waals surface area contributed by atoms with E-state index in [1.165, 1.54) is 0 Å². The van der Waals surface area contributed by atoms with Crippen molar-refractivity contribution in [1.82, 2.24) is 9.13 Å². The van der Waals surface area contributed by atoms with Gasteiger partial charge in [-0.05, 0) is 68.0 Å². The molecule has 3 rings (SSSR count). The van der Waals surface area contributed by atoms with Gasteiger partial charge in [-0.25, -0.2) is 0 Å². The third-order valence-corrected chi connectivity index (χ3v) is 6.22. The summed E-state index contributed by atoms with van der Waals surface area (Å²) >= 11 is 3.33. The monoisotopic (exact) mass is 478 g/mol. The highest BCUT2D eigenvalue weighted by Gasteiger charge is 2.51. The maximum atomic E-state index is 11.9. The standard InChI is InChI=1S/C14H22BNO3.C8H10BrNO/c1-7-10-8-11(9-16(6)12(10)17)15-18-13(2,3)14(4,5)19-15;1-3-6-4-7(9)5-10(2)8(6)11/h8-9H,7H2,1-6H3;4-5H,3H2,1-2H3. The molecule has 0 radical (unpaired) electrons. The van der Waals surface area contributed by atoms with Crippen molar-refractivity contribution in [1.29, 1.82) is 0 Å². The van der Waals surface area contributed by atoms with Crippen LogP contribution in [0.15, 0.2) is 38.6 Å². The maximum absolute atomic E-state index is 11.9. The van der Waals surface area contributed by atoms with Crippen LogP contribution in [0.2, 0.25) is 0 Å². The van der Waals surface area contributed by atoms with Crippen LogP contribution in [0.25, 0.3) is 0 Å². The predicted molar refractivity (Wildman–Crippen MR) is 126 cm³/mol. The fourth-order valence-corrected chi connectivity index (χ4v) is 3.74. The van der Waals surface area contributed by atoms with Gasteiger partial charge in [0.25, 0.3) is 11.1 Å². The lowest BCUT2D eigenvalue weighted by molar-refractivity contribution is 0.00578. The van der Waals surface area contributed by atoms with Crippen molar-refractivity contribution in [3.8, 4) is 0 Å². The van der Waals surface area contributed by atoms with Gasteiger partial charge in [-0.3, -0.25) is 9.59 Å². The topological polar surface area (TPSA) is 62.5 Å². The summed E-state index contributed by atoms with van der Waals surface area (Å²) in [4.78, 5) is 23.2.